The highest BCUT2D eigenvalue weighted by molar-refractivity contribution is 14.1. The van der Waals surface area contributed by atoms with E-state index in [1.807, 2.05) is 0 Å². The topological polar surface area (TPSA) is 47.0 Å². The smallest absolute Gasteiger partial charge is 0.229 e. The molecule has 0 saturated carbocycles. The van der Waals surface area contributed by atoms with Crippen LogP contribution in [-0.4, -0.2) is 13.4 Å². The van der Waals surface area contributed by atoms with Crippen LogP contribution in [0.3, 0.4) is 0 Å². The molecule has 8 heteroatoms. The fourth-order valence-corrected chi connectivity index (χ4v) is 2.39. The predicted molar refractivity (Wildman–Crippen MR) is 54.9 cm³/mol. The molecule has 0 aliphatic heterocycles. The minimum atomic E-state index is -4.22. The maximum absolute atomic E-state index is 12.3. The third-order valence-electron chi connectivity index (χ3n) is 1.32. The Morgan fingerprint density at radius 1 is 1.43 bits per heavy atom. The van der Waals surface area contributed by atoms with E-state index in [0.717, 1.165) is 6.07 Å². The molecule has 1 heterocycles. The number of rotatable bonds is 2. The molecule has 1 rings (SSSR count). The van der Waals surface area contributed by atoms with Gasteiger partial charge in [-0.3, -0.25) is 0 Å². The number of pyridine rings is 1. The van der Waals surface area contributed by atoms with Gasteiger partial charge in [-0.05, 0) is 34.7 Å². The van der Waals surface area contributed by atoms with E-state index in [0.29, 0.717) is 0 Å². The summed E-state index contributed by atoms with van der Waals surface area (Å²) in [6, 6.07) is 2.28. The Kier molecular flexibility index (Phi) is 3.64. The molecule has 14 heavy (non-hydrogen) atoms. The Morgan fingerprint density at radius 3 is 2.43 bits per heavy atom. The molecule has 0 aliphatic carbocycles. The van der Waals surface area contributed by atoms with E-state index in [2.05, 4.69) is 4.98 Å². The van der Waals surface area contributed by atoms with Crippen LogP contribution in [0.4, 0.5) is 8.78 Å². The molecule has 0 saturated heterocycles. The SMILES string of the molecule is O=S(=O)(Cl)c1nc(I)ccc1C(F)F. The van der Waals surface area contributed by atoms with Crippen LogP contribution < -0.4 is 0 Å². The van der Waals surface area contributed by atoms with Gasteiger partial charge < -0.3 is 0 Å². The molecule has 0 amide bonds. The van der Waals surface area contributed by atoms with Gasteiger partial charge in [0.15, 0.2) is 5.03 Å². The lowest BCUT2D eigenvalue weighted by atomic mass is 10.3. The molecule has 0 spiro atoms. The molecule has 0 aromatic carbocycles. The molecule has 0 aliphatic rings. The fraction of sp³-hybridized carbons (Fsp3) is 0.167. The number of hydrogen-bond acceptors (Lipinski definition) is 3. The van der Waals surface area contributed by atoms with Gasteiger partial charge in [0.2, 0.25) is 0 Å². The number of alkyl halides is 2. The predicted octanol–water partition coefficient (Wildman–Crippen LogP) is 2.55. The van der Waals surface area contributed by atoms with Crippen LogP contribution in [0, 0.1) is 3.70 Å². The van der Waals surface area contributed by atoms with Crippen LogP contribution in [0.2, 0.25) is 0 Å². The molecule has 0 radical (unpaired) electrons. The third kappa shape index (κ3) is 2.74. The summed E-state index contributed by atoms with van der Waals surface area (Å²) >= 11 is 1.71. The van der Waals surface area contributed by atoms with E-state index < -0.39 is 26.1 Å². The molecule has 0 N–H and O–H groups in total. The van der Waals surface area contributed by atoms with Gasteiger partial charge in [0.1, 0.15) is 3.70 Å². The highest BCUT2D eigenvalue weighted by Crippen LogP contribution is 2.27. The van der Waals surface area contributed by atoms with Gasteiger partial charge in [0.05, 0.1) is 5.56 Å². The Balaban J connectivity index is 3.46. The van der Waals surface area contributed by atoms with Crippen molar-refractivity contribution in [1.82, 2.24) is 4.98 Å². The highest BCUT2D eigenvalue weighted by atomic mass is 127. The number of aromatic nitrogens is 1. The Labute approximate surface area is 97.0 Å². The summed E-state index contributed by atoms with van der Waals surface area (Å²) in [6.45, 7) is 0. The standard InChI is InChI=1S/C6H3ClF2INO2S/c7-14(12,13)6-3(5(8)9)1-2-4(10)11-6/h1-2,5H. The second-order valence-electron chi connectivity index (χ2n) is 2.27. The van der Waals surface area contributed by atoms with Crippen molar-refractivity contribution >= 4 is 42.3 Å². The first-order valence-corrected chi connectivity index (χ1v) is 6.60. The largest absolute Gasteiger partial charge is 0.279 e. The van der Waals surface area contributed by atoms with Crippen LogP contribution in [0.15, 0.2) is 17.2 Å². The maximum atomic E-state index is 12.3. The Bertz CT molecular complexity index is 451. The highest BCUT2D eigenvalue weighted by Gasteiger charge is 2.23. The zero-order chi connectivity index (χ0) is 10.9. The number of halogens is 4. The minimum absolute atomic E-state index is 0.284. The minimum Gasteiger partial charge on any atom is -0.229 e. The van der Waals surface area contributed by atoms with Gasteiger partial charge >= 0.3 is 0 Å². The van der Waals surface area contributed by atoms with Gasteiger partial charge in [-0.1, -0.05) is 0 Å². The zero-order valence-electron chi connectivity index (χ0n) is 6.42. The summed E-state index contributed by atoms with van der Waals surface area (Å²) in [6.07, 6.45) is -2.91. The molecule has 1 aromatic heterocycles. The Morgan fingerprint density at radius 2 is 2.00 bits per heavy atom. The van der Waals surface area contributed by atoms with Gasteiger partial charge in [-0.2, -0.15) is 0 Å². The first-order valence-electron chi connectivity index (χ1n) is 3.21. The van der Waals surface area contributed by atoms with E-state index in [1.54, 1.807) is 22.6 Å². The van der Waals surface area contributed by atoms with Gasteiger partial charge in [0, 0.05) is 10.7 Å². The lowest BCUT2D eigenvalue weighted by Gasteiger charge is -2.04. The molecular formula is C6H3ClF2INO2S. The van der Waals surface area contributed by atoms with E-state index in [4.69, 9.17) is 10.7 Å². The maximum Gasteiger partial charge on any atom is 0.279 e. The van der Waals surface area contributed by atoms with Crippen molar-refractivity contribution in [3.05, 3.63) is 21.4 Å². The molecule has 3 nitrogen and oxygen atoms in total. The summed E-state index contributed by atoms with van der Waals surface area (Å²) in [5, 5.41) is -0.777. The summed E-state index contributed by atoms with van der Waals surface area (Å²) in [4.78, 5) is 3.45. The van der Waals surface area contributed by atoms with Crippen molar-refractivity contribution in [1.29, 1.82) is 0 Å². The fourth-order valence-electron chi connectivity index (χ4n) is 0.790. The van der Waals surface area contributed by atoms with Crippen LogP contribution in [0.1, 0.15) is 12.0 Å². The molecular weight excluding hydrogens is 350 g/mol. The monoisotopic (exact) mass is 353 g/mol. The third-order valence-corrected chi connectivity index (χ3v) is 3.15. The molecule has 0 unspecified atom stereocenters. The Hall–Kier alpha value is -0.0200. The quantitative estimate of drug-likeness (QED) is 0.466. The summed E-state index contributed by atoms with van der Waals surface area (Å²) in [5.41, 5.74) is -0.680. The second kappa shape index (κ2) is 4.23. The number of nitrogens with zero attached hydrogens (tertiary/aromatic N) is 1. The summed E-state index contributed by atoms with van der Waals surface area (Å²) in [7, 11) is 0.728. The van der Waals surface area contributed by atoms with Crippen molar-refractivity contribution in [3.63, 3.8) is 0 Å². The van der Waals surface area contributed by atoms with Crippen molar-refractivity contribution in [3.8, 4) is 0 Å². The van der Waals surface area contributed by atoms with Gasteiger partial charge in [0.25, 0.3) is 15.5 Å². The van der Waals surface area contributed by atoms with Crippen LogP contribution in [0.5, 0.6) is 0 Å². The normalized spacial score (nSPS) is 12.1. The average molecular weight is 354 g/mol. The van der Waals surface area contributed by atoms with Crippen LogP contribution >= 0.6 is 33.3 Å². The van der Waals surface area contributed by atoms with Crippen molar-refractivity contribution in [2.24, 2.45) is 0 Å². The second-order valence-corrected chi connectivity index (χ2v) is 5.85. The lowest BCUT2D eigenvalue weighted by molar-refractivity contribution is 0.147. The summed E-state index contributed by atoms with van der Waals surface area (Å²) in [5.74, 6) is 0. The van der Waals surface area contributed by atoms with Crippen molar-refractivity contribution in [2.45, 2.75) is 11.5 Å². The first-order chi connectivity index (χ1) is 6.32. The van der Waals surface area contributed by atoms with E-state index >= 15 is 0 Å². The average Bonchev–Trinajstić information content (AvgIpc) is 2.01. The van der Waals surface area contributed by atoms with Gasteiger partial charge in [-0.15, -0.1) is 0 Å². The van der Waals surface area contributed by atoms with E-state index in [-0.39, 0.29) is 3.70 Å². The molecule has 0 bridgehead atoms. The van der Waals surface area contributed by atoms with Crippen molar-refractivity contribution < 1.29 is 17.2 Å². The molecule has 1 aromatic rings. The molecule has 0 fully saturated rings. The van der Waals surface area contributed by atoms with E-state index in [9.17, 15) is 17.2 Å². The molecule has 78 valence electrons. The summed E-state index contributed by atoms with van der Waals surface area (Å²) < 4.78 is 46.7. The zero-order valence-corrected chi connectivity index (χ0v) is 10.1. The molecule has 0 atom stereocenters. The van der Waals surface area contributed by atoms with E-state index in [1.165, 1.54) is 6.07 Å². The van der Waals surface area contributed by atoms with Crippen LogP contribution in [-0.2, 0) is 9.05 Å². The van der Waals surface area contributed by atoms with Gasteiger partial charge in [-0.25, -0.2) is 22.2 Å². The lowest BCUT2D eigenvalue weighted by Crippen LogP contribution is -2.03. The van der Waals surface area contributed by atoms with Crippen LogP contribution in [0.25, 0.3) is 0 Å². The number of hydrogen-bond donors (Lipinski definition) is 0. The first kappa shape index (κ1) is 12.1. The van der Waals surface area contributed by atoms with Crippen molar-refractivity contribution in [2.75, 3.05) is 0 Å².